The van der Waals surface area contributed by atoms with Crippen molar-refractivity contribution in [2.24, 2.45) is 0 Å². The van der Waals surface area contributed by atoms with Crippen LogP contribution in [0.15, 0.2) is 42.0 Å². The summed E-state index contributed by atoms with van der Waals surface area (Å²) in [6.07, 6.45) is 5.66. The average Bonchev–Trinajstić information content (AvgIpc) is 2.79. The molecule has 2 aliphatic heterocycles. The van der Waals surface area contributed by atoms with E-state index in [4.69, 9.17) is 14.2 Å². The summed E-state index contributed by atoms with van der Waals surface area (Å²) >= 11 is 0. The Kier molecular flexibility index (Phi) is 6.29. The van der Waals surface area contributed by atoms with Gasteiger partial charge in [0.15, 0.2) is 16.9 Å². The van der Waals surface area contributed by atoms with Gasteiger partial charge in [-0.25, -0.2) is 0 Å². The lowest BCUT2D eigenvalue weighted by atomic mass is 9.69. The van der Waals surface area contributed by atoms with E-state index in [1.54, 1.807) is 6.08 Å². The molecule has 0 aromatic heterocycles. The molecule has 7 nitrogen and oxygen atoms in total. The van der Waals surface area contributed by atoms with Gasteiger partial charge >= 0.3 is 5.97 Å². The Morgan fingerprint density at radius 3 is 2.33 bits per heavy atom. The zero-order valence-corrected chi connectivity index (χ0v) is 21.4. The number of phenols is 1. The van der Waals surface area contributed by atoms with Crippen LogP contribution in [0.3, 0.4) is 0 Å². The molecule has 2 aromatic carbocycles. The van der Waals surface area contributed by atoms with Gasteiger partial charge in [-0.3, -0.25) is 14.4 Å². The van der Waals surface area contributed by atoms with Crippen molar-refractivity contribution >= 4 is 23.6 Å². The molecular weight excluding hydrogens is 460 g/mol. The van der Waals surface area contributed by atoms with E-state index in [0.717, 1.165) is 5.57 Å². The minimum Gasteiger partial charge on any atom is -0.508 e. The molecule has 0 bridgehead atoms. The number of hydrogen-bond acceptors (Lipinski definition) is 7. The molecule has 0 saturated carbocycles. The highest BCUT2D eigenvalue weighted by atomic mass is 16.5. The molecule has 188 valence electrons. The predicted molar refractivity (Wildman–Crippen MR) is 135 cm³/mol. The Balaban J connectivity index is 2.06. The molecule has 0 amide bonds. The summed E-state index contributed by atoms with van der Waals surface area (Å²) in [6.45, 7) is 9.07. The number of carbonyl (C=O) groups is 3. The highest BCUT2D eigenvalue weighted by Gasteiger charge is 2.56. The lowest BCUT2D eigenvalue weighted by Gasteiger charge is -2.38. The van der Waals surface area contributed by atoms with Crippen molar-refractivity contribution in [3.63, 3.8) is 0 Å². The maximum absolute atomic E-state index is 14.4. The third-order valence-corrected chi connectivity index (χ3v) is 6.46. The number of esters is 1. The van der Waals surface area contributed by atoms with Gasteiger partial charge in [0.1, 0.15) is 34.2 Å². The number of phenolic OH excluding ortho intramolecular Hbond substituents is 1. The van der Waals surface area contributed by atoms with Gasteiger partial charge in [-0.15, -0.1) is 0 Å². The van der Waals surface area contributed by atoms with Gasteiger partial charge < -0.3 is 19.3 Å². The van der Waals surface area contributed by atoms with Crippen molar-refractivity contribution < 1.29 is 33.7 Å². The van der Waals surface area contributed by atoms with Crippen LogP contribution < -0.4 is 14.2 Å². The van der Waals surface area contributed by atoms with Crippen LogP contribution in [0, 0.1) is 0 Å². The van der Waals surface area contributed by atoms with E-state index in [0.29, 0.717) is 23.3 Å². The van der Waals surface area contributed by atoms with E-state index >= 15 is 0 Å². The molecule has 36 heavy (non-hydrogen) atoms. The van der Waals surface area contributed by atoms with E-state index < -0.39 is 29.2 Å². The molecule has 0 spiro atoms. The molecule has 2 aromatic rings. The molecule has 0 radical (unpaired) electrons. The standard InChI is InChI=1S/C29H30O7/c1-16(2)7-12-20-23-21(13-14-28(4,5)36-23)25-22(24(20)34-6)26(32)29(15-17(3)30,27(33)35-25)18-8-10-19(31)11-9-18/h7-11,13-14,31H,12,15H2,1-6H3. The van der Waals surface area contributed by atoms with Gasteiger partial charge in [0.2, 0.25) is 0 Å². The molecule has 0 saturated heterocycles. The Labute approximate surface area is 210 Å². The molecule has 2 aliphatic rings. The van der Waals surface area contributed by atoms with Gasteiger partial charge in [-0.2, -0.15) is 0 Å². The normalized spacial score (nSPS) is 19.5. The van der Waals surface area contributed by atoms with E-state index in [2.05, 4.69) is 0 Å². The number of fused-ring (bicyclic) bond motifs is 3. The van der Waals surface area contributed by atoms with Gasteiger partial charge in [0.05, 0.1) is 12.7 Å². The third-order valence-electron chi connectivity index (χ3n) is 6.46. The molecule has 4 rings (SSSR count). The van der Waals surface area contributed by atoms with E-state index in [1.807, 2.05) is 39.8 Å². The largest absolute Gasteiger partial charge is 0.508 e. The van der Waals surface area contributed by atoms with Crippen LogP contribution >= 0.6 is 0 Å². The van der Waals surface area contributed by atoms with Crippen LogP contribution in [0.25, 0.3) is 6.08 Å². The Hall–Kier alpha value is -3.87. The first kappa shape index (κ1) is 25.2. The molecular formula is C29H30O7. The summed E-state index contributed by atoms with van der Waals surface area (Å²) in [6, 6.07) is 5.67. The van der Waals surface area contributed by atoms with Crippen molar-refractivity contribution in [1.82, 2.24) is 0 Å². The molecule has 0 fully saturated rings. The zero-order chi connectivity index (χ0) is 26.4. The lowest BCUT2D eigenvalue weighted by Crippen LogP contribution is -2.51. The van der Waals surface area contributed by atoms with E-state index in [9.17, 15) is 19.5 Å². The van der Waals surface area contributed by atoms with E-state index in [1.165, 1.54) is 38.3 Å². The second-order valence-electron chi connectivity index (χ2n) is 10.0. The second kappa shape index (κ2) is 8.97. The maximum Gasteiger partial charge on any atom is 0.330 e. The van der Waals surface area contributed by atoms with Crippen molar-refractivity contribution in [1.29, 1.82) is 0 Å². The van der Waals surface area contributed by atoms with E-state index in [-0.39, 0.29) is 34.2 Å². The molecule has 0 aliphatic carbocycles. The van der Waals surface area contributed by atoms with Crippen LogP contribution in [0.5, 0.6) is 23.0 Å². The highest BCUT2D eigenvalue weighted by Crippen LogP contribution is 2.53. The van der Waals surface area contributed by atoms with Crippen LogP contribution in [-0.2, 0) is 21.4 Å². The smallest absolute Gasteiger partial charge is 0.330 e. The van der Waals surface area contributed by atoms with Gasteiger partial charge in [0, 0.05) is 12.0 Å². The first-order chi connectivity index (χ1) is 16.9. The highest BCUT2D eigenvalue weighted by molar-refractivity contribution is 6.24. The number of ketones is 2. The lowest BCUT2D eigenvalue weighted by molar-refractivity contribution is -0.142. The predicted octanol–water partition coefficient (Wildman–Crippen LogP) is 5.11. The second-order valence-corrected chi connectivity index (χ2v) is 10.0. The topological polar surface area (TPSA) is 99.1 Å². The monoisotopic (exact) mass is 490 g/mol. The van der Waals surface area contributed by atoms with Crippen molar-refractivity contribution in [3.8, 4) is 23.0 Å². The summed E-state index contributed by atoms with van der Waals surface area (Å²) in [7, 11) is 1.45. The van der Waals surface area contributed by atoms with Crippen LogP contribution in [0.4, 0.5) is 0 Å². The first-order valence-electron chi connectivity index (χ1n) is 11.8. The summed E-state index contributed by atoms with van der Waals surface area (Å²) in [5.41, 5.74) is 0.0102. The number of hydrogen-bond donors (Lipinski definition) is 1. The molecule has 1 unspecified atom stereocenters. The number of rotatable bonds is 6. The average molecular weight is 491 g/mol. The van der Waals surface area contributed by atoms with Crippen molar-refractivity contribution in [3.05, 3.63) is 64.2 Å². The summed E-state index contributed by atoms with van der Waals surface area (Å²) < 4.78 is 18.0. The van der Waals surface area contributed by atoms with Crippen molar-refractivity contribution in [2.45, 2.75) is 58.5 Å². The van der Waals surface area contributed by atoms with Crippen molar-refractivity contribution in [2.75, 3.05) is 7.11 Å². The SMILES string of the molecule is COc1c(CC=C(C)C)c2c(c3c1C(=O)C(CC(C)=O)(c1ccc(O)cc1)C(=O)O3)C=CC(C)(C)O2. The number of ether oxygens (including phenoxy) is 3. The Morgan fingerprint density at radius 2 is 1.75 bits per heavy atom. The third kappa shape index (κ3) is 4.08. The van der Waals surface area contributed by atoms with Gasteiger partial charge in [0.25, 0.3) is 0 Å². The fraction of sp³-hybridized carbons (Fsp3) is 0.345. The van der Waals surface area contributed by atoms with Crippen LogP contribution in [0.2, 0.25) is 0 Å². The maximum atomic E-state index is 14.4. The number of aromatic hydroxyl groups is 1. The molecule has 1 atom stereocenters. The molecule has 2 heterocycles. The number of benzene rings is 2. The number of allylic oxidation sites excluding steroid dienone is 2. The van der Waals surface area contributed by atoms with Crippen LogP contribution in [-0.4, -0.2) is 35.4 Å². The van der Waals surface area contributed by atoms with Gasteiger partial charge in [-0.1, -0.05) is 23.8 Å². The fourth-order valence-electron chi connectivity index (χ4n) is 4.74. The summed E-state index contributed by atoms with van der Waals surface area (Å²) in [4.78, 5) is 40.4. The number of methoxy groups -OCH3 is 1. The number of Topliss-reactive ketones (excluding diaryl/α,β-unsaturated/α-hetero) is 2. The summed E-state index contributed by atoms with van der Waals surface area (Å²) in [5.74, 6) is -1.05. The quantitative estimate of drug-likeness (QED) is 0.260. The Bertz CT molecular complexity index is 1320. The Morgan fingerprint density at radius 1 is 1.08 bits per heavy atom. The fourth-order valence-corrected chi connectivity index (χ4v) is 4.74. The van der Waals surface area contributed by atoms with Gasteiger partial charge in [-0.05, 0) is 70.9 Å². The molecule has 1 N–H and O–H groups in total. The zero-order valence-electron chi connectivity index (χ0n) is 21.4. The molecule has 7 heteroatoms. The first-order valence-corrected chi connectivity index (χ1v) is 11.8. The number of carbonyl (C=O) groups excluding carboxylic acids is 3. The minimum absolute atomic E-state index is 0.0330. The summed E-state index contributed by atoms with van der Waals surface area (Å²) in [5, 5.41) is 9.79. The van der Waals surface area contributed by atoms with Crippen LogP contribution in [0.1, 0.15) is 68.1 Å². The minimum atomic E-state index is -1.92.